The highest BCUT2D eigenvalue weighted by Gasteiger charge is 2.25. The van der Waals surface area contributed by atoms with Crippen molar-refractivity contribution in [3.05, 3.63) is 113 Å². The van der Waals surface area contributed by atoms with Crippen LogP contribution in [0.3, 0.4) is 0 Å². The summed E-state index contributed by atoms with van der Waals surface area (Å²) in [5.41, 5.74) is 2.85. The number of carbonyl (C=O) groups excluding carboxylic acids is 1. The average Bonchev–Trinajstić information content (AvgIpc) is 2.91. The predicted molar refractivity (Wildman–Crippen MR) is 133 cm³/mol. The number of ether oxygens (including phenoxy) is 1. The van der Waals surface area contributed by atoms with E-state index in [-0.39, 0.29) is 23.5 Å². The standard InChI is InChI=1S/C28H21N3O4/c1-35-28(34)24-26(32)22-15-21(19-11-6-3-7-12-19)27(33)31(17-18-9-4-2-5-10-18)25(22)23(30-24)20-13-8-14-29-16-20/h2-16,32H,17H2,1H3. The first-order chi connectivity index (χ1) is 17.1. The maximum Gasteiger partial charge on any atom is 0.360 e. The molecule has 0 radical (unpaired) electrons. The largest absolute Gasteiger partial charge is 0.505 e. The minimum Gasteiger partial charge on any atom is -0.505 e. The van der Waals surface area contributed by atoms with E-state index in [9.17, 15) is 14.7 Å². The van der Waals surface area contributed by atoms with Crippen molar-refractivity contribution in [3.63, 3.8) is 0 Å². The number of pyridine rings is 3. The molecule has 3 aromatic heterocycles. The van der Waals surface area contributed by atoms with Crippen molar-refractivity contribution < 1.29 is 14.6 Å². The van der Waals surface area contributed by atoms with Crippen LogP contribution in [-0.2, 0) is 11.3 Å². The summed E-state index contributed by atoms with van der Waals surface area (Å²) in [5.74, 6) is -1.13. The summed E-state index contributed by atoms with van der Waals surface area (Å²) in [7, 11) is 1.23. The fourth-order valence-electron chi connectivity index (χ4n) is 4.13. The summed E-state index contributed by atoms with van der Waals surface area (Å²) in [6.45, 7) is 0.239. The van der Waals surface area contributed by atoms with Gasteiger partial charge in [-0.05, 0) is 29.3 Å². The fourth-order valence-corrected chi connectivity index (χ4v) is 4.13. The Morgan fingerprint density at radius 2 is 1.66 bits per heavy atom. The van der Waals surface area contributed by atoms with E-state index in [1.807, 2.05) is 60.7 Å². The number of aromatic hydroxyl groups is 1. The minimum absolute atomic E-state index is 0.234. The van der Waals surface area contributed by atoms with Crippen LogP contribution >= 0.6 is 0 Å². The zero-order chi connectivity index (χ0) is 24.4. The van der Waals surface area contributed by atoms with Gasteiger partial charge >= 0.3 is 5.97 Å². The van der Waals surface area contributed by atoms with E-state index in [1.54, 1.807) is 35.2 Å². The van der Waals surface area contributed by atoms with Crippen LogP contribution in [0, 0.1) is 0 Å². The van der Waals surface area contributed by atoms with E-state index < -0.39 is 5.97 Å². The molecule has 0 atom stereocenters. The van der Waals surface area contributed by atoms with Gasteiger partial charge in [-0.1, -0.05) is 60.7 Å². The van der Waals surface area contributed by atoms with Crippen LogP contribution in [0.5, 0.6) is 5.75 Å². The molecule has 0 unspecified atom stereocenters. The quantitative estimate of drug-likeness (QED) is 0.381. The van der Waals surface area contributed by atoms with Gasteiger partial charge in [0.2, 0.25) is 0 Å². The topological polar surface area (TPSA) is 94.3 Å². The van der Waals surface area contributed by atoms with Crippen molar-refractivity contribution in [2.24, 2.45) is 0 Å². The van der Waals surface area contributed by atoms with E-state index >= 15 is 0 Å². The second kappa shape index (κ2) is 9.23. The van der Waals surface area contributed by atoms with Crippen LogP contribution in [-0.4, -0.2) is 32.7 Å². The van der Waals surface area contributed by atoms with E-state index in [4.69, 9.17) is 4.74 Å². The molecule has 2 aromatic carbocycles. The van der Waals surface area contributed by atoms with Gasteiger partial charge in [0, 0.05) is 28.9 Å². The van der Waals surface area contributed by atoms with Gasteiger partial charge in [0.25, 0.3) is 5.56 Å². The van der Waals surface area contributed by atoms with E-state index in [1.165, 1.54) is 7.11 Å². The van der Waals surface area contributed by atoms with E-state index in [0.717, 1.165) is 5.56 Å². The number of hydrogen-bond acceptors (Lipinski definition) is 6. The third kappa shape index (κ3) is 4.04. The van der Waals surface area contributed by atoms with Gasteiger partial charge in [0.05, 0.1) is 24.9 Å². The molecule has 35 heavy (non-hydrogen) atoms. The van der Waals surface area contributed by atoms with Crippen LogP contribution in [0.25, 0.3) is 33.3 Å². The molecule has 7 heteroatoms. The Labute approximate surface area is 200 Å². The fraction of sp³-hybridized carbons (Fsp3) is 0.0714. The zero-order valence-electron chi connectivity index (χ0n) is 18.9. The lowest BCUT2D eigenvalue weighted by Gasteiger charge is -2.18. The molecule has 0 aliphatic heterocycles. The maximum absolute atomic E-state index is 13.9. The Bertz CT molecular complexity index is 1580. The molecule has 0 spiro atoms. The lowest BCUT2D eigenvalue weighted by Crippen LogP contribution is -2.24. The number of methoxy groups -OCH3 is 1. The Kier molecular flexibility index (Phi) is 5.81. The summed E-state index contributed by atoms with van der Waals surface area (Å²) in [4.78, 5) is 35.1. The summed E-state index contributed by atoms with van der Waals surface area (Å²) in [6.07, 6.45) is 3.22. The summed E-state index contributed by atoms with van der Waals surface area (Å²) in [6, 6.07) is 23.9. The summed E-state index contributed by atoms with van der Waals surface area (Å²) < 4.78 is 6.46. The van der Waals surface area contributed by atoms with Crippen LogP contribution in [0.4, 0.5) is 0 Å². The Hall–Kier alpha value is -4.78. The number of rotatable bonds is 5. The van der Waals surface area contributed by atoms with E-state index in [0.29, 0.717) is 33.3 Å². The molecule has 172 valence electrons. The summed E-state index contributed by atoms with van der Waals surface area (Å²) in [5, 5.41) is 11.5. The molecule has 0 amide bonds. The molecule has 5 aromatic rings. The number of carbonyl (C=O) groups is 1. The van der Waals surface area contributed by atoms with Crippen LogP contribution in [0.1, 0.15) is 16.1 Å². The van der Waals surface area contributed by atoms with Crippen molar-refractivity contribution in [1.82, 2.24) is 14.5 Å². The third-order valence-corrected chi connectivity index (χ3v) is 5.80. The molecule has 0 aliphatic carbocycles. The van der Waals surface area contributed by atoms with Crippen molar-refractivity contribution in [2.45, 2.75) is 6.54 Å². The molecule has 7 nitrogen and oxygen atoms in total. The number of benzene rings is 2. The molecular weight excluding hydrogens is 442 g/mol. The van der Waals surface area contributed by atoms with Crippen LogP contribution in [0.15, 0.2) is 96.1 Å². The normalized spacial score (nSPS) is 10.9. The number of esters is 1. The van der Waals surface area contributed by atoms with Gasteiger partial charge in [-0.3, -0.25) is 9.78 Å². The van der Waals surface area contributed by atoms with Crippen molar-refractivity contribution >= 4 is 16.9 Å². The van der Waals surface area contributed by atoms with E-state index in [2.05, 4.69) is 9.97 Å². The third-order valence-electron chi connectivity index (χ3n) is 5.80. The average molecular weight is 463 g/mol. The first kappa shape index (κ1) is 22.0. The van der Waals surface area contributed by atoms with Gasteiger partial charge in [-0.15, -0.1) is 0 Å². The van der Waals surface area contributed by atoms with Gasteiger partial charge in [0.15, 0.2) is 11.4 Å². The maximum atomic E-state index is 13.9. The lowest BCUT2D eigenvalue weighted by atomic mass is 10.0. The van der Waals surface area contributed by atoms with Gasteiger partial charge in [-0.25, -0.2) is 9.78 Å². The first-order valence-corrected chi connectivity index (χ1v) is 11.0. The van der Waals surface area contributed by atoms with Gasteiger partial charge < -0.3 is 14.4 Å². The second-order valence-electron chi connectivity index (χ2n) is 7.95. The monoisotopic (exact) mass is 463 g/mol. The van der Waals surface area contributed by atoms with Crippen molar-refractivity contribution in [2.75, 3.05) is 7.11 Å². The number of aromatic nitrogens is 3. The SMILES string of the molecule is COC(=O)c1nc(-c2cccnc2)c2c(cc(-c3ccccc3)c(=O)n2Cc2ccccc2)c1O. The van der Waals surface area contributed by atoms with Gasteiger partial charge in [-0.2, -0.15) is 0 Å². The van der Waals surface area contributed by atoms with Gasteiger partial charge in [0.1, 0.15) is 0 Å². The number of nitrogens with zero attached hydrogens (tertiary/aromatic N) is 3. The first-order valence-electron chi connectivity index (χ1n) is 11.0. The zero-order valence-corrected chi connectivity index (χ0v) is 18.9. The lowest BCUT2D eigenvalue weighted by molar-refractivity contribution is 0.0591. The molecule has 0 saturated heterocycles. The molecular formula is C28H21N3O4. The number of fused-ring (bicyclic) bond motifs is 1. The van der Waals surface area contributed by atoms with Crippen molar-refractivity contribution in [1.29, 1.82) is 0 Å². The highest BCUT2D eigenvalue weighted by Crippen LogP contribution is 2.36. The molecule has 0 bridgehead atoms. The molecule has 3 heterocycles. The van der Waals surface area contributed by atoms with Crippen LogP contribution in [0.2, 0.25) is 0 Å². The van der Waals surface area contributed by atoms with Crippen molar-refractivity contribution in [3.8, 4) is 28.1 Å². The number of hydrogen-bond donors (Lipinski definition) is 1. The molecule has 1 N–H and O–H groups in total. The second-order valence-corrected chi connectivity index (χ2v) is 7.95. The molecule has 0 saturated carbocycles. The molecule has 0 aliphatic rings. The summed E-state index contributed by atoms with van der Waals surface area (Å²) >= 11 is 0. The highest BCUT2D eigenvalue weighted by molar-refractivity contribution is 6.04. The molecule has 0 fully saturated rings. The predicted octanol–water partition coefficient (Wildman–Crippen LogP) is 4.67. The Balaban J connectivity index is 1.94. The van der Waals surface area contributed by atoms with Crippen LogP contribution < -0.4 is 5.56 Å². The molecule has 5 rings (SSSR count). The Morgan fingerprint density at radius 3 is 2.31 bits per heavy atom. The highest BCUT2D eigenvalue weighted by atomic mass is 16.5. The Morgan fingerprint density at radius 1 is 0.971 bits per heavy atom. The minimum atomic E-state index is -0.781. The smallest absolute Gasteiger partial charge is 0.360 e.